The van der Waals surface area contributed by atoms with Crippen LogP contribution in [0.1, 0.15) is 24.5 Å². The lowest BCUT2D eigenvalue weighted by molar-refractivity contribution is 0.0133. The minimum Gasteiger partial charge on any atom is -0.373 e. The summed E-state index contributed by atoms with van der Waals surface area (Å²) in [4.78, 5) is 0.358. The average molecular weight is 412 g/mol. The summed E-state index contributed by atoms with van der Waals surface area (Å²) in [6.45, 7) is 9.92. The number of nitrogens with zero attached hydrogens (tertiary/aromatic N) is 1. The minimum atomic E-state index is -3.51. The van der Waals surface area contributed by atoms with E-state index in [0.29, 0.717) is 30.5 Å². The second-order valence-electron chi connectivity index (χ2n) is 8.47. The summed E-state index contributed by atoms with van der Waals surface area (Å²) in [6.07, 6.45) is 1.06. The molecule has 1 heterocycles. The van der Waals surface area contributed by atoms with Crippen LogP contribution in [0.3, 0.4) is 0 Å². The van der Waals surface area contributed by atoms with E-state index in [9.17, 15) is 8.42 Å². The molecule has 2 aromatic carbocycles. The van der Waals surface area contributed by atoms with E-state index in [4.69, 9.17) is 4.74 Å². The van der Waals surface area contributed by atoms with E-state index in [1.807, 2.05) is 37.3 Å². The summed E-state index contributed by atoms with van der Waals surface area (Å²) >= 11 is 0. The normalized spacial score (nSPS) is 27.7. The molecule has 4 rings (SSSR count). The molecule has 0 bridgehead atoms. The molecule has 1 saturated carbocycles. The number of sulfonamides is 1. The second kappa shape index (κ2) is 8.05. The topological polar surface area (TPSA) is 46.6 Å². The highest BCUT2D eigenvalue weighted by Gasteiger charge is 2.47. The van der Waals surface area contributed by atoms with Gasteiger partial charge >= 0.3 is 0 Å². The van der Waals surface area contributed by atoms with Crippen LogP contribution in [0.5, 0.6) is 0 Å². The van der Waals surface area contributed by atoms with Gasteiger partial charge in [-0.15, -0.1) is 0 Å². The lowest BCUT2D eigenvalue weighted by atomic mass is 9.83. The molecular weight excluding hydrogens is 382 g/mol. The largest absolute Gasteiger partial charge is 0.373 e. The SMILES string of the molecule is C=C1CN(S(=O)(=O)c2ccc(C)cc2)C[C@H]2[C@H](C)[C@@H](OCc3ccccc3)C[C@@H]12. The first-order valence-corrected chi connectivity index (χ1v) is 11.7. The second-order valence-corrected chi connectivity index (χ2v) is 10.4. The molecule has 2 aromatic rings. The van der Waals surface area contributed by atoms with Gasteiger partial charge in [0, 0.05) is 13.1 Å². The zero-order valence-corrected chi connectivity index (χ0v) is 17.9. The van der Waals surface area contributed by atoms with Gasteiger partial charge in [0.05, 0.1) is 17.6 Å². The first-order valence-electron chi connectivity index (χ1n) is 10.3. The van der Waals surface area contributed by atoms with E-state index in [-0.39, 0.29) is 17.9 Å². The van der Waals surface area contributed by atoms with Crippen LogP contribution in [0.4, 0.5) is 0 Å². The summed E-state index contributed by atoms with van der Waals surface area (Å²) in [5.41, 5.74) is 3.22. The first-order chi connectivity index (χ1) is 13.9. The Labute approximate surface area is 174 Å². The van der Waals surface area contributed by atoms with Crippen molar-refractivity contribution in [2.75, 3.05) is 13.1 Å². The van der Waals surface area contributed by atoms with E-state index in [1.54, 1.807) is 16.4 Å². The summed E-state index contributed by atoms with van der Waals surface area (Å²) in [6, 6.07) is 17.3. The van der Waals surface area contributed by atoms with Crippen LogP contribution in [0.25, 0.3) is 0 Å². The lowest BCUT2D eigenvalue weighted by Gasteiger charge is -2.37. The zero-order chi connectivity index (χ0) is 20.6. The van der Waals surface area contributed by atoms with Gasteiger partial charge in [0.15, 0.2) is 0 Å². The van der Waals surface area contributed by atoms with Gasteiger partial charge in [-0.05, 0) is 48.8 Å². The molecule has 154 valence electrons. The van der Waals surface area contributed by atoms with Crippen molar-refractivity contribution in [1.82, 2.24) is 4.31 Å². The summed E-state index contributed by atoms with van der Waals surface area (Å²) in [5, 5.41) is 0. The highest BCUT2D eigenvalue weighted by Crippen LogP contribution is 2.46. The van der Waals surface area contributed by atoms with Gasteiger partial charge < -0.3 is 4.74 Å². The molecule has 2 aliphatic rings. The summed E-state index contributed by atoms with van der Waals surface area (Å²) in [5.74, 6) is 0.865. The number of benzene rings is 2. The van der Waals surface area contributed by atoms with Gasteiger partial charge in [0.1, 0.15) is 0 Å². The molecule has 1 aliphatic carbocycles. The van der Waals surface area contributed by atoms with Gasteiger partial charge in [-0.3, -0.25) is 0 Å². The molecule has 5 heteroatoms. The van der Waals surface area contributed by atoms with Crippen LogP contribution < -0.4 is 0 Å². The standard InChI is InChI=1S/C24H29NO3S/c1-17-9-11-21(12-10-17)29(26,27)25-14-18(2)22-13-24(19(3)23(22)15-25)28-16-20-7-5-4-6-8-20/h4-12,19,22-24H,2,13-16H2,1,3H3/t19-,22-,23-,24-/m0/s1. The number of hydrogen-bond donors (Lipinski definition) is 0. The Morgan fingerprint density at radius 1 is 1.10 bits per heavy atom. The fourth-order valence-corrected chi connectivity index (χ4v) is 6.21. The third-order valence-electron chi connectivity index (χ3n) is 6.55. The van der Waals surface area contributed by atoms with Crippen molar-refractivity contribution in [3.05, 3.63) is 77.9 Å². The van der Waals surface area contributed by atoms with E-state index >= 15 is 0 Å². The maximum Gasteiger partial charge on any atom is 0.243 e. The van der Waals surface area contributed by atoms with Gasteiger partial charge in [0.25, 0.3) is 0 Å². The highest BCUT2D eigenvalue weighted by atomic mass is 32.2. The first kappa shape index (κ1) is 20.3. The van der Waals surface area contributed by atoms with Gasteiger partial charge in [0.2, 0.25) is 10.0 Å². The Balaban J connectivity index is 1.48. The molecule has 0 unspecified atom stereocenters. The molecule has 1 aliphatic heterocycles. The third kappa shape index (κ3) is 4.04. The predicted octanol–water partition coefficient (Wildman–Crippen LogP) is 4.41. The molecule has 0 amide bonds. The van der Waals surface area contributed by atoms with Crippen molar-refractivity contribution in [2.45, 2.75) is 37.9 Å². The average Bonchev–Trinajstić information content (AvgIpc) is 3.04. The maximum absolute atomic E-state index is 13.2. The van der Waals surface area contributed by atoms with Crippen molar-refractivity contribution in [1.29, 1.82) is 0 Å². The van der Waals surface area contributed by atoms with E-state index < -0.39 is 10.0 Å². The van der Waals surface area contributed by atoms with Crippen molar-refractivity contribution in [2.24, 2.45) is 17.8 Å². The number of rotatable bonds is 5. The Bertz CT molecular complexity index is 969. The number of piperidine rings is 1. The predicted molar refractivity (Wildman–Crippen MR) is 115 cm³/mol. The molecule has 0 radical (unpaired) electrons. The third-order valence-corrected chi connectivity index (χ3v) is 8.37. The maximum atomic E-state index is 13.2. The van der Waals surface area contributed by atoms with Crippen LogP contribution >= 0.6 is 0 Å². The molecule has 0 spiro atoms. The fourth-order valence-electron chi connectivity index (χ4n) is 4.73. The fraction of sp³-hybridized carbons (Fsp3) is 0.417. The molecule has 1 saturated heterocycles. The van der Waals surface area contributed by atoms with Crippen LogP contribution in [0.2, 0.25) is 0 Å². The van der Waals surface area contributed by atoms with Crippen LogP contribution in [-0.2, 0) is 21.4 Å². The highest BCUT2D eigenvalue weighted by molar-refractivity contribution is 7.89. The summed E-state index contributed by atoms with van der Waals surface area (Å²) < 4.78 is 34.2. The van der Waals surface area contributed by atoms with Gasteiger partial charge in [-0.2, -0.15) is 4.31 Å². The Morgan fingerprint density at radius 2 is 1.79 bits per heavy atom. The van der Waals surface area contributed by atoms with Crippen molar-refractivity contribution < 1.29 is 13.2 Å². The minimum absolute atomic E-state index is 0.129. The molecule has 29 heavy (non-hydrogen) atoms. The quantitative estimate of drug-likeness (QED) is 0.685. The number of ether oxygens (including phenoxy) is 1. The van der Waals surface area contributed by atoms with E-state index in [0.717, 1.165) is 23.1 Å². The smallest absolute Gasteiger partial charge is 0.243 e. The van der Waals surface area contributed by atoms with E-state index in [1.165, 1.54) is 0 Å². The zero-order valence-electron chi connectivity index (χ0n) is 17.1. The molecule has 0 aromatic heterocycles. The van der Waals surface area contributed by atoms with Crippen LogP contribution in [0, 0.1) is 24.7 Å². The molecule has 4 nitrogen and oxygen atoms in total. The van der Waals surface area contributed by atoms with Crippen LogP contribution in [0.15, 0.2) is 71.6 Å². The molecule has 2 fully saturated rings. The number of aryl methyl sites for hydroxylation is 1. The van der Waals surface area contributed by atoms with Gasteiger partial charge in [-0.25, -0.2) is 8.42 Å². The van der Waals surface area contributed by atoms with E-state index in [2.05, 4.69) is 25.6 Å². The number of hydrogen-bond acceptors (Lipinski definition) is 3. The van der Waals surface area contributed by atoms with Crippen molar-refractivity contribution in [3.8, 4) is 0 Å². The lowest BCUT2D eigenvalue weighted by Crippen LogP contribution is -2.44. The number of fused-ring (bicyclic) bond motifs is 1. The van der Waals surface area contributed by atoms with Crippen molar-refractivity contribution in [3.63, 3.8) is 0 Å². The Hall–Kier alpha value is -1.95. The molecular formula is C24H29NO3S. The monoisotopic (exact) mass is 411 g/mol. The molecule has 4 atom stereocenters. The van der Waals surface area contributed by atoms with Gasteiger partial charge in [-0.1, -0.05) is 67.1 Å². The molecule has 0 N–H and O–H groups in total. The Morgan fingerprint density at radius 3 is 2.48 bits per heavy atom. The van der Waals surface area contributed by atoms with Crippen LogP contribution in [-0.4, -0.2) is 31.9 Å². The van der Waals surface area contributed by atoms with Crippen molar-refractivity contribution >= 4 is 10.0 Å². The summed E-state index contributed by atoms with van der Waals surface area (Å²) in [7, 11) is -3.51. The Kier molecular flexibility index (Phi) is 5.65.